The lowest BCUT2D eigenvalue weighted by Gasteiger charge is -2.18. The van der Waals surface area contributed by atoms with Crippen LogP contribution in [-0.4, -0.2) is 37.2 Å². The minimum Gasteiger partial charge on any atom is -0.462 e. The minimum atomic E-state index is -0.771. The maximum absolute atomic E-state index is 12.9. The normalized spacial score (nSPS) is 12.1. The monoisotopic (exact) mass is 943 g/mol. The quantitative estimate of drug-likeness (QED) is 0.0262. The highest BCUT2D eigenvalue weighted by atomic mass is 16.6. The average Bonchev–Trinajstić information content (AvgIpc) is 3.33. The summed E-state index contributed by atoms with van der Waals surface area (Å²) in [6, 6.07) is 0. The van der Waals surface area contributed by atoms with E-state index in [0.29, 0.717) is 19.3 Å². The van der Waals surface area contributed by atoms with Crippen LogP contribution in [0.4, 0.5) is 0 Å². The molecule has 1 unspecified atom stereocenters. The molecule has 0 amide bonds. The molecule has 0 spiro atoms. The van der Waals surface area contributed by atoms with Gasteiger partial charge in [0.25, 0.3) is 0 Å². The Kier molecular flexibility index (Phi) is 54.7. The molecule has 6 nitrogen and oxygen atoms in total. The first-order chi connectivity index (χ1) is 33.0. The molecule has 0 saturated heterocycles. The number of esters is 3. The van der Waals surface area contributed by atoms with Crippen LogP contribution in [0.1, 0.15) is 329 Å². The number of rotatable bonds is 55. The molecule has 0 saturated carbocycles. The third kappa shape index (κ3) is 54.7. The van der Waals surface area contributed by atoms with Gasteiger partial charge in [0.1, 0.15) is 13.2 Å². The van der Waals surface area contributed by atoms with Crippen molar-refractivity contribution in [2.24, 2.45) is 0 Å². The molecule has 0 aliphatic rings. The summed E-state index contributed by atoms with van der Waals surface area (Å²) < 4.78 is 16.9. The Morgan fingerprint density at radius 2 is 0.493 bits per heavy atom. The van der Waals surface area contributed by atoms with E-state index in [-0.39, 0.29) is 31.1 Å². The fraction of sp³-hybridized carbons (Fsp3) is 0.885. The van der Waals surface area contributed by atoms with Gasteiger partial charge in [0, 0.05) is 19.3 Å². The second kappa shape index (κ2) is 56.5. The van der Waals surface area contributed by atoms with Gasteiger partial charge in [-0.3, -0.25) is 14.4 Å². The summed E-state index contributed by atoms with van der Waals surface area (Å²) in [5.41, 5.74) is 0. The van der Waals surface area contributed by atoms with E-state index in [1.165, 1.54) is 231 Å². The van der Waals surface area contributed by atoms with E-state index in [4.69, 9.17) is 14.2 Å². The Bertz CT molecular complexity index is 1080. The Morgan fingerprint density at radius 1 is 0.284 bits per heavy atom. The lowest BCUT2D eigenvalue weighted by Crippen LogP contribution is -2.30. The molecule has 0 bridgehead atoms. The molecule has 0 aliphatic heterocycles. The highest BCUT2D eigenvalue weighted by molar-refractivity contribution is 5.71. The SMILES string of the molecule is CCCCCCCC/C=C\CCCCCCCCCC(=O)OC(COC(=O)CCCCCCCCC/C=C\CCCCCCCCCC)COC(=O)CCCCCCCCCCCCCCC. The number of carbonyl (C=O) groups is 3. The number of hydrogen-bond donors (Lipinski definition) is 0. The second-order valence-corrected chi connectivity index (χ2v) is 20.3. The van der Waals surface area contributed by atoms with Gasteiger partial charge in [0.05, 0.1) is 0 Å². The van der Waals surface area contributed by atoms with Crippen molar-refractivity contribution in [3.05, 3.63) is 24.3 Å². The predicted octanol–water partition coefficient (Wildman–Crippen LogP) is 19.9. The fourth-order valence-electron chi connectivity index (χ4n) is 8.91. The van der Waals surface area contributed by atoms with E-state index in [1.807, 2.05) is 0 Å². The molecule has 1 atom stereocenters. The van der Waals surface area contributed by atoms with Crippen LogP contribution in [0.25, 0.3) is 0 Å². The summed E-state index contributed by atoms with van der Waals surface area (Å²) in [6.07, 6.45) is 66.0. The van der Waals surface area contributed by atoms with Crippen LogP contribution in [0.15, 0.2) is 24.3 Å². The third-order valence-electron chi connectivity index (χ3n) is 13.4. The Balaban J connectivity index is 4.32. The molecule has 0 rings (SSSR count). The van der Waals surface area contributed by atoms with Gasteiger partial charge in [-0.1, -0.05) is 263 Å². The summed E-state index contributed by atoms with van der Waals surface area (Å²) >= 11 is 0. The molecular formula is C61H114O6. The van der Waals surface area contributed by atoms with Crippen LogP contribution < -0.4 is 0 Å². The Morgan fingerprint density at radius 3 is 0.746 bits per heavy atom. The molecule has 0 N–H and O–H groups in total. The topological polar surface area (TPSA) is 78.9 Å². The number of carbonyl (C=O) groups excluding carboxylic acids is 3. The highest BCUT2D eigenvalue weighted by Gasteiger charge is 2.19. The van der Waals surface area contributed by atoms with E-state index in [9.17, 15) is 14.4 Å². The van der Waals surface area contributed by atoms with Crippen LogP contribution in [0.2, 0.25) is 0 Å². The largest absolute Gasteiger partial charge is 0.462 e. The van der Waals surface area contributed by atoms with Crippen LogP contribution in [0.3, 0.4) is 0 Å². The van der Waals surface area contributed by atoms with Gasteiger partial charge in [0.15, 0.2) is 6.10 Å². The van der Waals surface area contributed by atoms with E-state index in [0.717, 1.165) is 57.8 Å². The zero-order chi connectivity index (χ0) is 48.6. The van der Waals surface area contributed by atoms with Crippen molar-refractivity contribution in [1.29, 1.82) is 0 Å². The summed E-state index contributed by atoms with van der Waals surface area (Å²) in [7, 11) is 0. The summed E-state index contributed by atoms with van der Waals surface area (Å²) in [4.78, 5) is 38.2. The van der Waals surface area contributed by atoms with Crippen molar-refractivity contribution in [2.45, 2.75) is 335 Å². The standard InChI is InChI=1S/C61H114O6/c1-4-7-10-13-16-19-22-25-27-29-30-32-33-36-39-42-45-48-51-54-60(63)66-57-58(56-65-59(62)53-50-47-44-41-38-35-24-21-18-15-12-9-6-3)67-61(64)55-52-49-46-43-40-37-34-31-28-26-23-20-17-14-11-8-5-2/h26,28-30,58H,4-25,27,31-57H2,1-3H3/b28-26-,30-29-. The molecule has 0 fully saturated rings. The molecular weight excluding hydrogens is 829 g/mol. The minimum absolute atomic E-state index is 0.0699. The zero-order valence-electron chi connectivity index (χ0n) is 45.2. The fourth-order valence-corrected chi connectivity index (χ4v) is 8.91. The van der Waals surface area contributed by atoms with Gasteiger partial charge in [-0.25, -0.2) is 0 Å². The number of hydrogen-bond acceptors (Lipinski definition) is 6. The van der Waals surface area contributed by atoms with Crippen LogP contribution >= 0.6 is 0 Å². The highest BCUT2D eigenvalue weighted by Crippen LogP contribution is 2.16. The first-order valence-electron chi connectivity index (χ1n) is 29.8. The summed E-state index contributed by atoms with van der Waals surface area (Å²) in [5, 5.41) is 0. The Hall–Kier alpha value is -2.11. The van der Waals surface area contributed by atoms with Gasteiger partial charge < -0.3 is 14.2 Å². The van der Waals surface area contributed by atoms with Crippen molar-refractivity contribution < 1.29 is 28.6 Å². The van der Waals surface area contributed by atoms with Crippen LogP contribution in [0, 0.1) is 0 Å². The molecule has 0 aromatic heterocycles. The average molecular weight is 944 g/mol. The van der Waals surface area contributed by atoms with Crippen molar-refractivity contribution in [3.63, 3.8) is 0 Å². The predicted molar refractivity (Wildman–Crippen MR) is 289 cm³/mol. The van der Waals surface area contributed by atoms with E-state index < -0.39 is 6.10 Å². The molecule has 0 aromatic carbocycles. The molecule has 0 aliphatic carbocycles. The molecule has 67 heavy (non-hydrogen) atoms. The van der Waals surface area contributed by atoms with Crippen LogP contribution in [0.5, 0.6) is 0 Å². The van der Waals surface area contributed by atoms with Crippen molar-refractivity contribution in [3.8, 4) is 0 Å². The van der Waals surface area contributed by atoms with Gasteiger partial charge in [-0.05, 0) is 70.6 Å². The van der Waals surface area contributed by atoms with Crippen molar-refractivity contribution >= 4 is 17.9 Å². The van der Waals surface area contributed by atoms with Crippen molar-refractivity contribution in [1.82, 2.24) is 0 Å². The molecule has 0 aromatic rings. The number of allylic oxidation sites excluding steroid dienone is 4. The van der Waals surface area contributed by atoms with E-state index >= 15 is 0 Å². The number of ether oxygens (including phenoxy) is 3. The van der Waals surface area contributed by atoms with Crippen molar-refractivity contribution in [2.75, 3.05) is 13.2 Å². The van der Waals surface area contributed by atoms with Crippen LogP contribution in [-0.2, 0) is 28.6 Å². The molecule has 0 radical (unpaired) electrons. The van der Waals surface area contributed by atoms with Gasteiger partial charge in [0.2, 0.25) is 0 Å². The maximum atomic E-state index is 12.9. The summed E-state index contributed by atoms with van der Waals surface area (Å²) in [5.74, 6) is -0.858. The first-order valence-corrected chi connectivity index (χ1v) is 29.8. The molecule has 394 valence electrons. The smallest absolute Gasteiger partial charge is 0.306 e. The lowest BCUT2D eigenvalue weighted by molar-refractivity contribution is -0.167. The first kappa shape index (κ1) is 64.9. The molecule has 0 heterocycles. The lowest BCUT2D eigenvalue weighted by atomic mass is 10.0. The van der Waals surface area contributed by atoms with Gasteiger partial charge in [-0.15, -0.1) is 0 Å². The Labute approximate surface area is 417 Å². The van der Waals surface area contributed by atoms with E-state index in [1.54, 1.807) is 0 Å². The molecule has 6 heteroatoms. The summed E-state index contributed by atoms with van der Waals surface area (Å²) in [6.45, 7) is 6.68. The zero-order valence-corrected chi connectivity index (χ0v) is 45.2. The number of unbranched alkanes of at least 4 members (excludes halogenated alkanes) is 40. The maximum Gasteiger partial charge on any atom is 0.306 e. The van der Waals surface area contributed by atoms with Gasteiger partial charge >= 0.3 is 17.9 Å². The van der Waals surface area contributed by atoms with Gasteiger partial charge in [-0.2, -0.15) is 0 Å². The third-order valence-corrected chi connectivity index (χ3v) is 13.4. The van der Waals surface area contributed by atoms with E-state index in [2.05, 4.69) is 45.1 Å². The second-order valence-electron chi connectivity index (χ2n) is 20.3.